The van der Waals surface area contributed by atoms with Crippen molar-refractivity contribution in [3.63, 3.8) is 0 Å². The smallest absolute Gasteiger partial charge is 0.154 e. The molecule has 0 atom stereocenters. The lowest BCUT2D eigenvalue weighted by Crippen LogP contribution is -2.09. The van der Waals surface area contributed by atoms with Crippen molar-refractivity contribution in [2.24, 2.45) is 16.6 Å². The summed E-state index contributed by atoms with van der Waals surface area (Å²) >= 11 is 1.55. The van der Waals surface area contributed by atoms with Crippen LogP contribution in [-0.2, 0) is 12.4 Å². The number of hydrogen-bond donors (Lipinski definition) is 2. The first kappa shape index (κ1) is 17.3. The molecule has 0 spiro atoms. The maximum Gasteiger partial charge on any atom is 0.154 e. The summed E-state index contributed by atoms with van der Waals surface area (Å²) in [6, 6.07) is 7.87. The van der Waals surface area contributed by atoms with Crippen LogP contribution in [0.2, 0.25) is 0 Å². The van der Waals surface area contributed by atoms with Gasteiger partial charge in [-0.05, 0) is 17.0 Å². The number of thioether (sulfide) groups is 1. The highest BCUT2D eigenvalue weighted by molar-refractivity contribution is 8.13. The third kappa shape index (κ3) is 6.89. The van der Waals surface area contributed by atoms with E-state index in [-0.39, 0.29) is 19.0 Å². The van der Waals surface area contributed by atoms with E-state index in [1.165, 1.54) is 5.56 Å². The average molecular weight is 289 g/mol. The Kier molecular flexibility index (Phi) is 8.89. The maximum atomic E-state index is 8.92. The number of rotatable bonds is 5. The molecule has 1 aromatic rings. The molecule has 102 valence electrons. The summed E-state index contributed by atoms with van der Waals surface area (Å²) in [6.45, 7) is 5.11. The summed E-state index contributed by atoms with van der Waals surface area (Å²) in [7, 11) is 0. The SMILES string of the molecule is CC(C)CN=C(N)SCc1ccc(CO)cc1.Cl. The molecule has 1 rings (SSSR count). The quantitative estimate of drug-likeness (QED) is 0.647. The van der Waals surface area contributed by atoms with E-state index in [2.05, 4.69) is 18.8 Å². The normalized spacial score (nSPS) is 11.4. The number of aliphatic hydroxyl groups excluding tert-OH is 1. The van der Waals surface area contributed by atoms with Crippen LogP contribution in [0.3, 0.4) is 0 Å². The van der Waals surface area contributed by atoms with Crippen LogP contribution in [0.1, 0.15) is 25.0 Å². The predicted octanol–water partition coefficient (Wildman–Crippen LogP) is 2.80. The van der Waals surface area contributed by atoms with Gasteiger partial charge in [-0.2, -0.15) is 0 Å². The minimum atomic E-state index is 0. The van der Waals surface area contributed by atoms with Crippen molar-refractivity contribution in [3.05, 3.63) is 35.4 Å². The standard InChI is InChI=1S/C13H20N2OS.ClH/c1-10(2)7-15-13(14)17-9-12-5-3-11(8-16)4-6-12;/h3-6,10,16H,7-9H2,1-2H3,(H2,14,15);1H. The molecule has 18 heavy (non-hydrogen) atoms. The third-order valence-electron chi connectivity index (χ3n) is 2.20. The molecular weight excluding hydrogens is 268 g/mol. The van der Waals surface area contributed by atoms with Crippen molar-refractivity contribution in [2.45, 2.75) is 26.2 Å². The number of nitrogens with two attached hydrogens (primary N) is 1. The molecule has 0 fully saturated rings. The summed E-state index contributed by atoms with van der Waals surface area (Å²) in [5.74, 6) is 1.36. The van der Waals surface area contributed by atoms with Crippen LogP contribution in [0.5, 0.6) is 0 Å². The highest BCUT2D eigenvalue weighted by atomic mass is 35.5. The number of hydrogen-bond acceptors (Lipinski definition) is 3. The fourth-order valence-electron chi connectivity index (χ4n) is 1.22. The van der Waals surface area contributed by atoms with E-state index in [0.717, 1.165) is 17.9 Å². The molecule has 0 aliphatic carbocycles. The van der Waals surface area contributed by atoms with Crippen molar-refractivity contribution in [3.8, 4) is 0 Å². The number of benzene rings is 1. The van der Waals surface area contributed by atoms with Gasteiger partial charge in [0.1, 0.15) is 0 Å². The van der Waals surface area contributed by atoms with Gasteiger partial charge < -0.3 is 10.8 Å². The molecule has 0 aliphatic rings. The van der Waals surface area contributed by atoms with Crippen LogP contribution < -0.4 is 5.73 Å². The van der Waals surface area contributed by atoms with Gasteiger partial charge in [-0.3, -0.25) is 4.99 Å². The Morgan fingerprint density at radius 3 is 2.33 bits per heavy atom. The molecule has 0 amide bonds. The molecule has 0 unspecified atom stereocenters. The number of aliphatic hydroxyl groups is 1. The second-order valence-electron chi connectivity index (χ2n) is 4.34. The van der Waals surface area contributed by atoms with Crippen molar-refractivity contribution in [1.29, 1.82) is 0 Å². The van der Waals surface area contributed by atoms with Gasteiger partial charge >= 0.3 is 0 Å². The average Bonchev–Trinajstić information content (AvgIpc) is 2.34. The van der Waals surface area contributed by atoms with Crippen molar-refractivity contribution in [2.75, 3.05) is 6.54 Å². The van der Waals surface area contributed by atoms with Gasteiger partial charge in [-0.25, -0.2) is 0 Å². The molecule has 0 aliphatic heterocycles. The summed E-state index contributed by atoms with van der Waals surface area (Å²) in [5.41, 5.74) is 7.92. The highest BCUT2D eigenvalue weighted by Crippen LogP contribution is 2.13. The Labute approximate surface area is 119 Å². The second-order valence-corrected chi connectivity index (χ2v) is 5.33. The number of nitrogens with zero attached hydrogens (tertiary/aromatic N) is 1. The summed E-state index contributed by atoms with van der Waals surface area (Å²) < 4.78 is 0. The van der Waals surface area contributed by atoms with E-state index < -0.39 is 0 Å². The van der Waals surface area contributed by atoms with Gasteiger partial charge in [0.15, 0.2) is 5.17 Å². The van der Waals surface area contributed by atoms with E-state index in [1.807, 2.05) is 24.3 Å². The zero-order valence-electron chi connectivity index (χ0n) is 10.8. The molecule has 0 bridgehead atoms. The van der Waals surface area contributed by atoms with E-state index in [1.54, 1.807) is 11.8 Å². The molecule has 3 N–H and O–H groups in total. The largest absolute Gasteiger partial charge is 0.392 e. The van der Waals surface area contributed by atoms with Gasteiger partial charge in [0.2, 0.25) is 0 Å². The minimum absolute atomic E-state index is 0. The molecule has 0 radical (unpaired) electrons. The first-order chi connectivity index (χ1) is 8.11. The van der Waals surface area contributed by atoms with Gasteiger partial charge in [-0.1, -0.05) is 49.9 Å². The first-order valence-corrected chi connectivity index (χ1v) is 6.71. The van der Waals surface area contributed by atoms with Crippen molar-refractivity contribution in [1.82, 2.24) is 0 Å². The molecular formula is C13H21ClN2OS. The van der Waals surface area contributed by atoms with Gasteiger partial charge in [-0.15, -0.1) is 12.4 Å². The van der Waals surface area contributed by atoms with Crippen LogP contribution in [-0.4, -0.2) is 16.8 Å². The second kappa shape index (κ2) is 9.25. The van der Waals surface area contributed by atoms with E-state index in [9.17, 15) is 0 Å². The molecule has 1 aromatic carbocycles. The fourth-order valence-corrected chi connectivity index (χ4v) is 1.89. The summed E-state index contributed by atoms with van der Waals surface area (Å²) in [5, 5.41) is 9.57. The fraction of sp³-hybridized carbons (Fsp3) is 0.462. The Hall–Kier alpha value is -0.710. The number of aliphatic imine (C=N–C) groups is 1. The highest BCUT2D eigenvalue weighted by Gasteiger charge is 1.98. The summed E-state index contributed by atoms with van der Waals surface area (Å²) in [4.78, 5) is 4.29. The third-order valence-corrected chi connectivity index (χ3v) is 3.11. The molecule has 0 saturated heterocycles. The number of halogens is 1. The lowest BCUT2D eigenvalue weighted by Gasteiger charge is -2.04. The Bertz CT molecular complexity index is 366. The first-order valence-electron chi connectivity index (χ1n) is 5.73. The Morgan fingerprint density at radius 1 is 1.28 bits per heavy atom. The zero-order chi connectivity index (χ0) is 12.7. The molecule has 5 heteroatoms. The molecule has 0 saturated carbocycles. The lowest BCUT2D eigenvalue weighted by molar-refractivity contribution is 0.282. The monoisotopic (exact) mass is 288 g/mol. The zero-order valence-corrected chi connectivity index (χ0v) is 12.4. The van der Waals surface area contributed by atoms with Gasteiger partial charge in [0.05, 0.1) is 6.61 Å². The van der Waals surface area contributed by atoms with Gasteiger partial charge in [0.25, 0.3) is 0 Å². The Morgan fingerprint density at radius 2 is 1.83 bits per heavy atom. The Balaban J connectivity index is 0.00000289. The van der Waals surface area contributed by atoms with Crippen molar-refractivity contribution < 1.29 is 5.11 Å². The molecule has 0 aromatic heterocycles. The predicted molar refractivity (Wildman–Crippen MR) is 82.2 cm³/mol. The van der Waals surface area contributed by atoms with E-state index >= 15 is 0 Å². The summed E-state index contributed by atoms with van der Waals surface area (Å²) in [6.07, 6.45) is 0. The van der Waals surface area contributed by atoms with Crippen LogP contribution in [0.4, 0.5) is 0 Å². The van der Waals surface area contributed by atoms with E-state index in [4.69, 9.17) is 10.8 Å². The van der Waals surface area contributed by atoms with Crippen LogP contribution in [0.15, 0.2) is 29.3 Å². The van der Waals surface area contributed by atoms with Crippen LogP contribution >= 0.6 is 24.2 Å². The topological polar surface area (TPSA) is 58.6 Å². The van der Waals surface area contributed by atoms with Crippen LogP contribution in [0, 0.1) is 5.92 Å². The maximum absolute atomic E-state index is 8.92. The van der Waals surface area contributed by atoms with Crippen molar-refractivity contribution >= 4 is 29.3 Å². The van der Waals surface area contributed by atoms with Gasteiger partial charge in [0, 0.05) is 12.3 Å². The minimum Gasteiger partial charge on any atom is -0.392 e. The van der Waals surface area contributed by atoms with Crippen LogP contribution in [0.25, 0.3) is 0 Å². The molecule has 0 heterocycles. The number of amidine groups is 1. The lowest BCUT2D eigenvalue weighted by atomic mass is 10.2. The van der Waals surface area contributed by atoms with E-state index in [0.29, 0.717) is 11.1 Å². The molecule has 3 nitrogen and oxygen atoms in total.